The molecule has 2 aromatic carbocycles. The van der Waals surface area contributed by atoms with Gasteiger partial charge in [0.1, 0.15) is 6.17 Å². The average Bonchev–Trinajstić information content (AvgIpc) is 2.90. The molecule has 5 nitrogen and oxygen atoms in total. The van der Waals surface area contributed by atoms with Gasteiger partial charge in [-0.25, -0.2) is 0 Å². The summed E-state index contributed by atoms with van der Waals surface area (Å²) in [6.07, 6.45) is -0.244. The third-order valence-corrected chi connectivity index (χ3v) is 5.06. The molecule has 1 N–H and O–H groups in total. The molecule has 0 radical (unpaired) electrons. The van der Waals surface area contributed by atoms with Crippen molar-refractivity contribution in [1.82, 2.24) is 14.7 Å². The second kappa shape index (κ2) is 6.33. The number of benzene rings is 2. The highest BCUT2D eigenvalue weighted by Gasteiger charge is 2.35. The molecule has 2 heterocycles. The minimum atomic E-state index is -0.244. The Kier molecular flexibility index (Phi) is 3.99. The summed E-state index contributed by atoms with van der Waals surface area (Å²) < 4.78 is 1.87. The Morgan fingerprint density at radius 3 is 2.42 bits per heavy atom. The van der Waals surface area contributed by atoms with Crippen molar-refractivity contribution in [2.45, 2.75) is 26.6 Å². The minimum Gasteiger partial charge on any atom is -0.361 e. The fourth-order valence-electron chi connectivity index (χ4n) is 3.65. The fourth-order valence-corrected chi connectivity index (χ4v) is 3.65. The van der Waals surface area contributed by atoms with Gasteiger partial charge in [-0.05, 0) is 31.5 Å². The Morgan fingerprint density at radius 1 is 1.04 bits per heavy atom. The van der Waals surface area contributed by atoms with E-state index >= 15 is 0 Å². The summed E-state index contributed by atoms with van der Waals surface area (Å²) in [4.78, 5) is 15.2. The number of rotatable bonds is 3. The van der Waals surface area contributed by atoms with Crippen molar-refractivity contribution in [2.24, 2.45) is 7.05 Å². The molecule has 0 bridgehead atoms. The van der Waals surface area contributed by atoms with E-state index in [4.69, 9.17) is 0 Å². The molecule has 0 aliphatic carbocycles. The largest absolute Gasteiger partial charge is 0.361 e. The molecule has 0 unspecified atom stereocenters. The Morgan fingerprint density at radius 2 is 1.73 bits per heavy atom. The van der Waals surface area contributed by atoms with E-state index in [1.54, 1.807) is 0 Å². The zero-order valence-electron chi connectivity index (χ0n) is 15.2. The molecule has 1 amide bonds. The Hall–Kier alpha value is -3.08. The number of fused-ring (bicyclic) bond motifs is 1. The Bertz CT molecular complexity index is 961. The molecule has 4 rings (SSSR count). The van der Waals surface area contributed by atoms with Crippen molar-refractivity contribution in [2.75, 3.05) is 5.32 Å². The molecular formula is C21H22N4O. The van der Waals surface area contributed by atoms with Gasteiger partial charge in [0.25, 0.3) is 5.91 Å². The second-order valence-corrected chi connectivity index (χ2v) is 6.72. The Labute approximate surface area is 153 Å². The van der Waals surface area contributed by atoms with E-state index in [0.29, 0.717) is 12.1 Å². The van der Waals surface area contributed by atoms with Crippen LogP contribution in [0.4, 0.5) is 5.69 Å². The van der Waals surface area contributed by atoms with E-state index in [1.807, 2.05) is 85.1 Å². The third kappa shape index (κ3) is 2.65. The van der Waals surface area contributed by atoms with Crippen LogP contribution in [0, 0.1) is 13.8 Å². The summed E-state index contributed by atoms with van der Waals surface area (Å²) in [6.45, 7) is 4.58. The van der Waals surface area contributed by atoms with Crippen LogP contribution >= 0.6 is 0 Å². The smallest absolute Gasteiger partial charge is 0.258 e. The molecule has 1 aromatic heterocycles. The molecule has 0 saturated carbocycles. The van der Waals surface area contributed by atoms with Gasteiger partial charge in [0.15, 0.2) is 0 Å². The zero-order chi connectivity index (χ0) is 18.3. The number of para-hydroxylation sites is 1. The molecular weight excluding hydrogens is 324 g/mol. The molecule has 1 aliphatic rings. The number of nitrogens with zero attached hydrogens (tertiary/aromatic N) is 3. The van der Waals surface area contributed by atoms with E-state index in [0.717, 1.165) is 28.2 Å². The van der Waals surface area contributed by atoms with Gasteiger partial charge in [-0.15, -0.1) is 0 Å². The van der Waals surface area contributed by atoms with Crippen LogP contribution < -0.4 is 5.32 Å². The number of nitrogens with one attached hydrogen (secondary N) is 1. The van der Waals surface area contributed by atoms with E-state index in [-0.39, 0.29) is 12.1 Å². The highest BCUT2D eigenvalue weighted by molar-refractivity contribution is 6.01. The van der Waals surface area contributed by atoms with Crippen LogP contribution in [0.5, 0.6) is 0 Å². The van der Waals surface area contributed by atoms with Crippen molar-refractivity contribution < 1.29 is 4.79 Å². The lowest BCUT2D eigenvalue weighted by molar-refractivity contribution is 0.0665. The van der Waals surface area contributed by atoms with E-state index in [9.17, 15) is 4.79 Å². The second-order valence-electron chi connectivity index (χ2n) is 6.72. The molecule has 1 atom stereocenters. The minimum absolute atomic E-state index is 0.0378. The molecule has 26 heavy (non-hydrogen) atoms. The fraction of sp³-hybridized carbons (Fsp3) is 0.238. The standard InChI is InChI=1S/C21H22N4O/c1-14-19(15(2)24(3)23-14)20-22-18-12-8-7-11-17(18)21(26)25(20)13-16-9-5-4-6-10-16/h4-12,20,22H,13H2,1-3H3/t20-/m0/s1. The molecule has 0 saturated heterocycles. The zero-order valence-corrected chi connectivity index (χ0v) is 15.2. The van der Waals surface area contributed by atoms with Crippen molar-refractivity contribution >= 4 is 11.6 Å². The number of anilines is 1. The summed E-state index contributed by atoms with van der Waals surface area (Å²) in [6, 6.07) is 17.8. The van der Waals surface area contributed by atoms with Crippen molar-refractivity contribution in [3.63, 3.8) is 0 Å². The quantitative estimate of drug-likeness (QED) is 0.785. The van der Waals surface area contributed by atoms with Gasteiger partial charge >= 0.3 is 0 Å². The Balaban J connectivity index is 1.82. The highest BCUT2D eigenvalue weighted by atomic mass is 16.2. The number of hydrogen-bond acceptors (Lipinski definition) is 3. The lowest BCUT2D eigenvalue weighted by Crippen LogP contribution is -2.42. The molecule has 3 aromatic rings. The van der Waals surface area contributed by atoms with Crippen molar-refractivity contribution in [3.05, 3.63) is 82.7 Å². The summed E-state index contributed by atoms with van der Waals surface area (Å²) in [7, 11) is 1.94. The number of aryl methyl sites for hydroxylation is 2. The lowest BCUT2D eigenvalue weighted by Gasteiger charge is -2.38. The van der Waals surface area contributed by atoms with Crippen molar-refractivity contribution in [3.8, 4) is 0 Å². The SMILES string of the molecule is Cc1nn(C)c(C)c1[C@H]1Nc2ccccc2C(=O)N1Cc1ccccc1. The van der Waals surface area contributed by atoms with E-state index < -0.39 is 0 Å². The summed E-state index contributed by atoms with van der Waals surface area (Å²) in [5.74, 6) is 0.0378. The molecule has 5 heteroatoms. The lowest BCUT2D eigenvalue weighted by atomic mass is 10.0. The van der Waals surface area contributed by atoms with Crippen LogP contribution in [-0.4, -0.2) is 20.6 Å². The van der Waals surface area contributed by atoms with Crippen molar-refractivity contribution in [1.29, 1.82) is 0 Å². The maximum Gasteiger partial charge on any atom is 0.258 e. The van der Waals surface area contributed by atoms with Crippen LogP contribution in [0.2, 0.25) is 0 Å². The van der Waals surface area contributed by atoms with Crippen LogP contribution in [-0.2, 0) is 13.6 Å². The first kappa shape index (κ1) is 16.4. The molecule has 132 valence electrons. The number of amides is 1. The first-order chi connectivity index (χ1) is 12.6. The normalized spacial score (nSPS) is 16.3. The van der Waals surface area contributed by atoms with E-state index in [2.05, 4.69) is 10.4 Å². The predicted molar refractivity (Wildman–Crippen MR) is 102 cm³/mol. The number of hydrogen-bond donors (Lipinski definition) is 1. The van der Waals surface area contributed by atoms with Gasteiger partial charge in [0.2, 0.25) is 0 Å². The van der Waals surface area contributed by atoms with Gasteiger partial charge in [-0.1, -0.05) is 42.5 Å². The van der Waals surface area contributed by atoms with Crippen LogP contribution in [0.15, 0.2) is 54.6 Å². The van der Waals surface area contributed by atoms with E-state index in [1.165, 1.54) is 0 Å². The number of carbonyl (C=O) groups excluding carboxylic acids is 1. The summed E-state index contributed by atoms with van der Waals surface area (Å²) >= 11 is 0. The van der Waals surface area contributed by atoms with Gasteiger partial charge in [0.05, 0.1) is 11.3 Å². The number of carbonyl (C=O) groups is 1. The van der Waals surface area contributed by atoms with Gasteiger partial charge < -0.3 is 10.2 Å². The van der Waals surface area contributed by atoms with Crippen LogP contribution in [0.3, 0.4) is 0 Å². The highest BCUT2D eigenvalue weighted by Crippen LogP contribution is 2.36. The first-order valence-corrected chi connectivity index (χ1v) is 8.77. The van der Waals surface area contributed by atoms with Crippen LogP contribution in [0.1, 0.15) is 39.0 Å². The van der Waals surface area contributed by atoms with Crippen LogP contribution in [0.25, 0.3) is 0 Å². The maximum atomic E-state index is 13.3. The summed E-state index contributed by atoms with van der Waals surface area (Å²) in [5, 5.41) is 8.11. The average molecular weight is 346 g/mol. The van der Waals surface area contributed by atoms with Gasteiger partial charge in [0, 0.05) is 30.5 Å². The monoisotopic (exact) mass is 346 g/mol. The molecule has 1 aliphatic heterocycles. The molecule has 0 fully saturated rings. The first-order valence-electron chi connectivity index (χ1n) is 8.77. The summed E-state index contributed by atoms with van der Waals surface area (Å²) in [5.41, 5.74) is 5.74. The molecule has 0 spiro atoms. The van der Waals surface area contributed by atoms with Gasteiger partial charge in [-0.3, -0.25) is 9.48 Å². The topological polar surface area (TPSA) is 50.2 Å². The maximum absolute atomic E-state index is 13.3. The number of aromatic nitrogens is 2. The third-order valence-electron chi connectivity index (χ3n) is 5.06. The van der Waals surface area contributed by atoms with Gasteiger partial charge in [-0.2, -0.15) is 5.10 Å². The predicted octanol–water partition coefficient (Wildman–Crippen LogP) is 3.80.